The van der Waals surface area contributed by atoms with Crippen LogP contribution in [0.1, 0.15) is 27.7 Å². The van der Waals surface area contributed by atoms with Crippen molar-refractivity contribution in [3.8, 4) is 0 Å². The molecule has 388 valence electrons. The summed E-state index contributed by atoms with van der Waals surface area (Å²) in [5.41, 5.74) is 0. The molecule has 0 aliphatic carbocycles. The van der Waals surface area contributed by atoms with E-state index in [4.69, 9.17) is 61.3 Å². The van der Waals surface area contributed by atoms with E-state index in [0.717, 1.165) is 27.0 Å². The molecular weight excluding hydrogens is 913 g/mol. The lowest BCUT2D eigenvalue weighted by atomic mass is 10.4. The number of thiol groups is 4. The molecule has 0 spiro atoms. The minimum Gasteiger partial charge on any atom is -0.870 e. The van der Waals surface area contributed by atoms with Gasteiger partial charge in [-0.25, -0.2) is 0 Å². The van der Waals surface area contributed by atoms with Crippen LogP contribution in [0.2, 0.25) is 0 Å². The summed E-state index contributed by atoms with van der Waals surface area (Å²) in [6.45, 7) is 12.1. The van der Waals surface area contributed by atoms with Gasteiger partial charge in [-0.3, -0.25) is 24.1 Å². The van der Waals surface area contributed by atoms with Crippen LogP contribution < -0.4 is 4.90 Å². The lowest BCUT2D eigenvalue weighted by Gasteiger charge is -2.21. The Morgan fingerprint density at radius 2 is 0.597 bits per heavy atom. The molecule has 62 heavy (non-hydrogen) atoms. The highest BCUT2D eigenvalue weighted by Gasteiger charge is 2.06. The van der Waals surface area contributed by atoms with E-state index in [0.29, 0.717) is 39.3 Å². The standard InChI is InChI=1S/2C6H15NO3.2C5H14NO.4C3H6O2S.4H2O/c2*8-4-1-7(2-5-9)3-6-10;2*1-6(2,3)4-5-7;4*1-2(6)3(4)5;;;;/h2*8-10H,1-6H2;2*7H,4-5H2,1-3H3;4*2,6H,1H3,(H,4,5);4*1H2/q;;2*+1;;;;;;;;. The Balaban J connectivity index is -0.0000000461. The maximum atomic E-state index is 9.62. The summed E-state index contributed by atoms with van der Waals surface area (Å²) in [5, 5.41) is 97.3. The van der Waals surface area contributed by atoms with Crippen LogP contribution in [-0.4, -0.2) is 289 Å². The van der Waals surface area contributed by atoms with Crippen molar-refractivity contribution in [2.45, 2.75) is 48.7 Å². The van der Waals surface area contributed by atoms with Gasteiger partial charge in [0.05, 0.1) is 116 Å². The molecule has 0 aromatic carbocycles. The molecule has 0 fully saturated rings. The highest BCUT2D eigenvalue weighted by molar-refractivity contribution is 7.82. The van der Waals surface area contributed by atoms with Crippen LogP contribution in [0.25, 0.3) is 0 Å². The lowest BCUT2D eigenvalue weighted by Crippen LogP contribution is -3.13. The number of carboxylic acid groups (broad SMARTS) is 4. The summed E-state index contributed by atoms with van der Waals surface area (Å²) in [6, 6.07) is 0. The summed E-state index contributed by atoms with van der Waals surface area (Å²) >= 11 is 14.4. The molecule has 0 rings (SSSR count). The van der Waals surface area contributed by atoms with Gasteiger partial charge in [0.25, 0.3) is 0 Å². The lowest BCUT2D eigenvalue weighted by molar-refractivity contribution is -0.901. The fourth-order valence-corrected chi connectivity index (χ4v) is 2.21. The number of aliphatic hydroxyl groups is 8. The highest BCUT2D eigenvalue weighted by Crippen LogP contribution is 1.90. The van der Waals surface area contributed by atoms with Crippen molar-refractivity contribution in [3.63, 3.8) is 0 Å². The van der Waals surface area contributed by atoms with E-state index in [1.54, 1.807) is 4.90 Å². The zero-order valence-corrected chi connectivity index (χ0v) is 41.8. The van der Waals surface area contributed by atoms with Crippen LogP contribution in [0, 0.1) is 0 Å². The van der Waals surface area contributed by atoms with Gasteiger partial charge >= 0.3 is 23.9 Å². The maximum Gasteiger partial charge on any atom is 0.316 e. The number of aliphatic carboxylic acids is 4. The number of quaternary nitrogens is 3. The molecule has 0 radical (unpaired) electrons. The molecule has 0 saturated carbocycles. The minimum absolute atomic E-state index is 0. The Hall–Kier alpha value is -1.36. The van der Waals surface area contributed by atoms with E-state index in [-0.39, 0.29) is 74.8 Å². The van der Waals surface area contributed by atoms with E-state index >= 15 is 0 Å². The number of aliphatic hydroxyl groups excluding tert-OH is 8. The second kappa shape index (κ2) is 63.9. The van der Waals surface area contributed by atoms with E-state index in [1.165, 1.54) is 27.7 Å². The number of carboxylic acids is 4. The van der Waals surface area contributed by atoms with Crippen molar-refractivity contribution in [2.24, 2.45) is 0 Å². The molecule has 0 aliphatic heterocycles. The number of hydrogen-bond acceptors (Lipinski definition) is 18. The average Bonchev–Trinajstić information content (AvgIpc) is 3.06. The average molecular weight is 1000 g/mol. The molecule has 0 aromatic heterocycles. The molecule has 0 saturated heterocycles. The normalized spacial score (nSPS) is 11.5. The number of nitrogens with one attached hydrogen (secondary N) is 1. The van der Waals surface area contributed by atoms with Crippen LogP contribution in [0.3, 0.4) is 0 Å². The Morgan fingerprint density at radius 3 is 0.661 bits per heavy atom. The summed E-state index contributed by atoms with van der Waals surface area (Å²) in [6.07, 6.45) is 0. The molecule has 0 heterocycles. The van der Waals surface area contributed by atoms with Crippen molar-refractivity contribution in [3.05, 3.63) is 0 Å². The first-order valence-corrected chi connectivity index (χ1v) is 20.1. The van der Waals surface area contributed by atoms with Crippen molar-refractivity contribution in [1.29, 1.82) is 0 Å². The SMILES string of the molecule is CC(S)C(=O)O.CC(S)C(=O)O.CC(S)C(=O)O.CC(S)C(=O)O.C[N+](C)(C)CCO.C[N+](C)(C)CCO.O.O.O.OCCN(CCO)CCO.OCC[NH+](CCO)CCO.[OH-]. The second-order valence-corrected chi connectivity index (χ2v) is 16.8. The summed E-state index contributed by atoms with van der Waals surface area (Å²) < 4.78 is 1.69. The molecule has 4 atom stereocenters. The van der Waals surface area contributed by atoms with Gasteiger partial charge in [-0.1, -0.05) is 0 Å². The highest BCUT2D eigenvalue weighted by atomic mass is 32.1. The van der Waals surface area contributed by atoms with Crippen LogP contribution in [0.15, 0.2) is 0 Å². The van der Waals surface area contributed by atoms with E-state index in [1.807, 2.05) is 0 Å². The maximum absolute atomic E-state index is 9.62. The molecule has 0 amide bonds. The Kier molecular flexibility index (Phi) is 94.0. The second-order valence-electron chi connectivity index (χ2n) is 13.7. The van der Waals surface area contributed by atoms with E-state index in [9.17, 15) is 19.2 Å². The molecule has 28 heteroatoms. The number of nitrogens with zero attached hydrogens (tertiary/aromatic N) is 3. The quantitative estimate of drug-likeness (QED) is 0.0398. The smallest absolute Gasteiger partial charge is 0.316 e. The Labute approximate surface area is 390 Å². The molecule has 0 bridgehead atoms. The van der Waals surface area contributed by atoms with Crippen molar-refractivity contribution in [2.75, 3.05) is 147 Å². The summed E-state index contributed by atoms with van der Waals surface area (Å²) in [7, 11) is 12.3. The number of carbonyl (C=O) groups is 4. The minimum atomic E-state index is -0.877. The third kappa shape index (κ3) is 118. The zero-order valence-electron chi connectivity index (χ0n) is 38.2. The number of likely N-dealkylation sites (N-methyl/N-ethyl adjacent to an activating group) is 2. The number of hydrogen-bond donors (Lipinski definition) is 17. The molecule has 0 aliphatic rings. The van der Waals surface area contributed by atoms with Gasteiger partial charge in [-0.2, -0.15) is 50.5 Å². The van der Waals surface area contributed by atoms with Crippen molar-refractivity contribution >= 4 is 74.4 Å². The Morgan fingerprint density at radius 1 is 0.435 bits per heavy atom. The van der Waals surface area contributed by atoms with E-state index in [2.05, 4.69) is 92.8 Å². The van der Waals surface area contributed by atoms with Gasteiger partial charge in [-0.05, 0) is 27.7 Å². The first kappa shape index (κ1) is 91.2. The summed E-state index contributed by atoms with van der Waals surface area (Å²) in [5.74, 6) is -3.51. The zero-order chi connectivity index (χ0) is 48.1. The van der Waals surface area contributed by atoms with Crippen molar-refractivity contribution in [1.82, 2.24) is 4.90 Å². The largest absolute Gasteiger partial charge is 0.870 e. The fraction of sp³-hybridized carbons (Fsp3) is 0.882. The van der Waals surface area contributed by atoms with Gasteiger partial charge < -0.3 is 97.0 Å². The van der Waals surface area contributed by atoms with Crippen LogP contribution in [0.5, 0.6) is 0 Å². The number of rotatable bonds is 20. The van der Waals surface area contributed by atoms with Crippen LogP contribution in [-0.2, 0) is 19.2 Å². The first-order chi connectivity index (χ1) is 26.4. The fourth-order valence-electron chi connectivity index (χ4n) is 2.21. The third-order valence-corrected chi connectivity index (χ3v) is 6.50. The molecule has 20 N–H and O–H groups in total. The van der Waals surface area contributed by atoms with Gasteiger partial charge in [0.1, 0.15) is 32.7 Å². The monoisotopic (exact) mass is 1000 g/mol. The third-order valence-electron chi connectivity index (χ3n) is 5.62. The molecule has 4 unspecified atom stereocenters. The van der Waals surface area contributed by atoms with Gasteiger partial charge in [0.2, 0.25) is 0 Å². The first-order valence-electron chi connectivity index (χ1n) is 18.1. The molecule has 24 nitrogen and oxygen atoms in total. The van der Waals surface area contributed by atoms with Gasteiger partial charge in [-0.15, -0.1) is 0 Å². The van der Waals surface area contributed by atoms with Gasteiger partial charge in [0, 0.05) is 19.6 Å². The van der Waals surface area contributed by atoms with E-state index < -0.39 is 44.9 Å². The predicted octanol–water partition coefficient (Wildman–Crippen LogP) is -6.61. The molecular formula is C34H90N4O20S4+2. The molecule has 0 aromatic rings. The predicted molar refractivity (Wildman–Crippen MR) is 252 cm³/mol. The van der Waals surface area contributed by atoms with Crippen LogP contribution in [0.4, 0.5) is 0 Å². The van der Waals surface area contributed by atoms with Crippen LogP contribution >= 0.6 is 50.5 Å². The topological polar surface area (TPSA) is 443 Å². The summed E-state index contributed by atoms with van der Waals surface area (Å²) in [4.78, 5) is 41.3. The van der Waals surface area contributed by atoms with Gasteiger partial charge in [0.15, 0.2) is 0 Å². The Bertz CT molecular complexity index is 774. The van der Waals surface area contributed by atoms with Crippen molar-refractivity contribution < 1.29 is 116 Å².